The second-order valence-corrected chi connectivity index (χ2v) is 5.88. The molecule has 1 amide bonds. The van der Waals surface area contributed by atoms with Gasteiger partial charge in [0.2, 0.25) is 11.8 Å². The first-order valence-electron chi connectivity index (χ1n) is 6.00. The van der Waals surface area contributed by atoms with Crippen molar-refractivity contribution in [3.05, 3.63) is 17.8 Å². The van der Waals surface area contributed by atoms with Crippen molar-refractivity contribution in [1.29, 1.82) is 0 Å². The number of ether oxygens (including phenoxy) is 1. The van der Waals surface area contributed by atoms with E-state index in [0.29, 0.717) is 18.8 Å². The Morgan fingerprint density at radius 3 is 2.84 bits per heavy atom. The van der Waals surface area contributed by atoms with Crippen molar-refractivity contribution in [2.45, 2.75) is 25.5 Å². The molecule has 1 aromatic heterocycles. The second-order valence-electron chi connectivity index (χ2n) is 4.40. The summed E-state index contributed by atoms with van der Waals surface area (Å²) in [6.45, 7) is 3.92. The molecule has 2 rings (SSSR count). The summed E-state index contributed by atoms with van der Waals surface area (Å²) < 4.78 is 5.05. The Balaban J connectivity index is 2.18. The lowest BCUT2D eigenvalue weighted by Gasteiger charge is -2.18. The van der Waals surface area contributed by atoms with Gasteiger partial charge in [-0.05, 0) is 13.0 Å². The number of rotatable bonds is 3. The standard InChI is InChI=1S/C13H16N2O3S/c1-8-11(4-5-12(14-8)18-3)15-7-10(6-13(15)17)19-9(2)16/h4-5,10H,6-7H2,1-3H3. The van der Waals surface area contributed by atoms with Crippen LogP contribution in [-0.2, 0) is 9.59 Å². The van der Waals surface area contributed by atoms with Crippen LogP contribution in [-0.4, -0.2) is 34.9 Å². The summed E-state index contributed by atoms with van der Waals surface area (Å²) in [5.74, 6) is 0.566. The number of hydrogen-bond acceptors (Lipinski definition) is 5. The molecule has 0 saturated carbocycles. The normalized spacial score (nSPS) is 18.8. The Bertz CT molecular complexity index is 519. The van der Waals surface area contributed by atoms with Gasteiger partial charge in [-0.3, -0.25) is 9.59 Å². The smallest absolute Gasteiger partial charge is 0.228 e. The molecular weight excluding hydrogens is 264 g/mol. The molecule has 0 bridgehead atoms. The zero-order valence-corrected chi connectivity index (χ0v) is 12.0. The van der Waals surface area contributed by atoms with Gasteiger partial charge in [-0.1, -0.05) is 11.8 Å². The largest absolute Gasteiger partial charge is 0.481 e. The predicted molar refractivity (Wildman–Crippen MR) is 74.6 cm³/mol. The van der Waals surface area contributed by atoms with Crippen molar-refractivity contribution in [3.63, 3.8) is 0 Å². The number of hydrogen-bond donors (Lipinski definition) is 0. The lowest BCUT2D eigenvalue weighted by Crippen LogP contribution is -2.26. The number of carbonyl (C=O) groups excluding carboxylic acids is 2. The summed E-state index contributed by atoms with van der Waals surface area (Å²) in [6, 6.07) is 3.57. The Labute approximate surface area is 116 Å². The summed E-state index contributed by atoms with van der Waals surface area (Å²) in [5.41, 5.74) is 1.54. The van der Waals surface area contributed by atoms with Crippen molar-refractivity contribution in [2.75, 3.05) is 18.6 Å². The highest BCUT2D eigenvalue weighted by Crippen LogP contribution is 2.30. The highest BCUT2D eigenvalue weighted by atomic mass is 32.2. The number of anilines is 1. The van der Waals surface area contributed by atoms with Crippen LogP contribution < -0.4 is 9.64 Å². The molecular formula is C13H16N2O3S. The highest BCUT2D eigenvalue weighted by molar-refractivity contribution is 8.14. The van der Waals surface area contributed by atoms with Gasteiger partial charge in [-0.25, -0.2) is 4.98 Å². The monoisotopic (exact) mass is 280 g/mol. The number of pyridine rings is 1. The van der Waals surface area contributed by atoms with E-state index < -0.39 is 0 Å². The molecule has 19 heavy (non-hydrogen) atoms. The molecule has 2 heterocycles. The molecule has 0 radical (unpaired) electrons. The zero-order chi connectivity index (χ0) is 14.0. The minimum absolute atomic E-state index is 0.0338. The molecule has 1 fully saturated rings. The van der Waals surface area contributed by atoms with Crippen LogP contribution in [0, 0.1) is 6.92 Å². The summed E-state index contributed by atoms with van der Waals surface area (Å²) in [5, 5.41) is 0.0794. The molecule has 5 nitrogen and oxygen atoms in total. The Kier molecular flexibility index (Phi) is 4.09. The van der Waals surface area contributed by atoms with E-state index in [1.165, 1.54) is 18.7 Å². The molecule has 6 heteroatoms. The lowest BCUT2D eigenvalue weighted by molar-refractivity contribution is -0.117. The first-order chi connectivity index (χ1) is 9.01. The lowest BCUT2D eigenvalue weighted by atomic mass is 10.3. The Morgan fingerprint density at radius 1 is 1.53 bits per heavy atom. The van der Waals surface area contributed by atoms with E-state index in [9.17, 15) is 9.59 Å². The van der Waals surface area contributed by atoms with E-state index in [0.717, 1.165) is 11.4 Å². The van der Waals surface area contributed by atoms with Gasteiger partial charge in [0.15, 0.2) is 5.12 Å². The number of methoxy groups -OCH3 is 1. The number of aromatic nitrogens is 1. The molecule has 1 unspecified atom stereocenters. The van der Waals surface area contributed by atoms with Gasteiger partial charge in [0.25, 0.3) is 0 Å². The SMILES string of the molecule is COc1ccc(N2CC(SC(C)=O)CC2=O)c(C)n1. The van der Waals surface area contributed by atoms with E-state index in [2.05, 4.69) is 4.98 Å². The minimum Gasteiger partial charge on any atom is -0.481 e. The molecule has 0 aromatic carbocycles. The van der Waals surface area contributed by atoms with Gasteiger partial charge in [0.05, 0.1) is 18.5 Å². The quantitative estimate of drug-likeness (QED) is 0.844. The number of thioether (sulfide) groups is 1. The first kappa shape index (κ1) is 13.9. The van der Waals surface area contributed by atoms with Crippen molar-refractivity contribution in [3.8, 4) is 5.88 Å². The summed E-state index contributed by atoms with van der Waals surface area (Å²) >= 11 is 1.23. The number of amides is 1. The van der Waals surface area contributed by atoms with Crippen LogP contribution in [0.25, 0.3) is 0 Å². The average Bonchev–Trinajstić information content (AvgIpc) is 2.69. The van der Waals surface area contributed by atoms with Crippen LogP contribution in [0.3, 0.4) is 0 Å². The van der Waals surface area contributed by atoms with E-state index in [1.54, 1.807) is 18.1 Å². The van der Waals surface area contributed by atoms with E-state index in [4.69, 9.17) is 4.74 Å². The maximum absolute atomic E-state index is 12.0. The fourth-order valence-corrected chi connectivity index (χ4v) is 3.07. The molecule has 1 aliphatic rings. The summed E-state index contributed by atoms with van der Waals surface area (Å²) in [7, 11) is 1.56. The first-order valence-corrected chi connectivity index (χ1v) is 6.88. The third-order valence-corrected chi connectivity index (χ3v) is 3.94. The van der Waals surface area contributed by atoms with Crippen LogP contribution in [0.15, 0.2) is 12.1 Å². The van der Waals surface area contributed by atoms with E-state index >= 15 is 0 Å². The molecule has 1 aromatic rings. The van der Waals surface area contributed by atoms with Crippen LogP contribution in [0.2, 0.25) is 0 Å². The van der Waals surface area contributed by atoms with E-state index in [1.807, 2.05) is 13.0 Å². The predicted octanol–water partition coefficient (Wildman–Crippen LogP) is 1.78. The maximum Gasteiger partial charge on any atom is 0.228 e. The van der Waals surface area contributed by atoms with Crippen molar-refractivity contribution < 1.29 is 14.3 Å². The minimum atomic E-state index is 0.0338. The molecule has 1 saturated heterocycles. The fourth-order valence-electron chi connectivity index (χ4n) is 2.15. The van der Waals surface area contributed by atoms with Crippen LogP contribution in [0.4, 0.5) is 5.69 Å². The average molecular weight is 280 g/mol. The Morgan fingerprint density at radius 2 is 2.26 bits per heavy atom. The topological polar surface area (TPSA) is 59.5 Å². The van der Waals surface area contributed by atoms with Gasteiger partial charge < -0.3 is 9.64 Å². The molecule has 0 aliphatic carbocycles. The van der Waals surface area contributed by atoms with Crippen LogP contribution >= 0.6 is 11.8 Å². The zero-order valence-electron chi connectivity index (χ0n) is 11.2. The van der Waals surface area contributed by atoms with Gasteiger partial charge in [0, 0.05) is 31.2 Å². The van der Waals surface area contributed by atoms with Gasteiger partial charge in [-0.15, -0.1) is 0 Å². The highest BCUT2D eigenvalue weighted by Gasteiger charge is 2.32. The molecule has 1 atom stereocenters. The van der Waals surface area contributed by atoms with Crippen molar-refractivity contribution >= 4 is 28.5 Å². The fraction of sp³-hybridized carbons (Fsp3) is 0.462. The van der Waals surface area contributed by atoms with Gasteiger partial charge >= 0.3 is 0 Å². The van der Waals surface area contributed by atoms with Crippen molar-refractivity contribution in [2.24, 2.45) is 0 Å². The van der Waals surface area contributed by atoms with Crippen molar-refractivity contribution in [1.82, 2.24) is 4.98 Å². The molecule has 0 N–H and O–H groups in total. The molecule has 0 spiro atoms. The third kappa shape index (κ3) is 3.07. The molecule has 102 valence electrons. The van der Waals surface area contributed by atoms with Gasteiger partial charge in [-0.2, -0.15) is 0 Å². The second kappa shape index (κ2) is 5.61. The van der Waals surface area contributed by atoms with Crippen LogP contribution in [0.1, 0.15) is 19.0 Å². The summed E-state index contributed by atoms with van der Waals surface area (Å²) in [6.07, 6.45) is 0.399. The molecule has 1 aliphatic heterocycles. The van der Waals surface area contributed by atoms with Crippen LogP contribution in [0.5, 0.6) is 5.88 Å². The van der Waals surface area contributed by atoms with Gasteiger partial charge in [0.1, 0.15) is 0 Å². The number of nitrogens with zero attached hydrogens (tertiary/aromatic N) is 2. The number of carbonyl (C=O) groups is 2. The third-order valence-electron chi connectivity index (χ3n) is 2.95. The maximum atomic E-state index is 12.0. The van der Waals surface area contributed by atoms with E-state index in [-0.39, 0.29) is 16.3 Å². The Hall–Kier alpha value is -1.56. The summed E-state index contributed by atoms with van der Waals surface area (Å²) in [4.78, 5) is 29.1. The number of aryl methyl sites for hydroxylation is 1.